The number of nitrogens with one attached hydrogen (secondary N) is 1. The molecule has 0 unspecified atom stereocenters. The molecule has 21 heavy (non-hydrogen) atoms. The molecule has 0 radical (unpaired) electrons. The van der Waals surface area contributed by atoms with E-state index in [-0.39, 0.29) is 0 Å². The minimum atomic E-state index is 0.496. The van der Waals surface area contributed by atoms with Gasteiger partial charge in [-0.15, -0.1) is 6.58 Å². The Labute approximate surface area is 127 Å². The highest BCUT2D eigenvalue weighted by atomic mass is 15.2. The minimum Gasteiger partial charge on any atom is -0.350 e. The third-order valence-corrected chi connectivity index (χ3v) is 4.52. The number of benzene rings is 1. The number of piperazine rings is 1. The Balaban J connectivity index is 1.98. The fourth-order valence-electron chi connectivity index (χ4n) is 3.44. The lowest BCUT2D eigenvalue weighted by molar-refractivity contribution is 0.167. The number of hydrogen-bond donors (Lipinski definition) is 1. The third-order valence-electron chi connectivity index (χ3n) is 4.52. The molecule has 0 bridgehead atoms. The van der Waals surface area contributed by atoms with Crippen LogP contribution in [0.1, 0.15) is 24.4 Å². The largest absolute Gasteiger partial charge is 0.350 e. The summed E-state index contributed by atoms with van der Waals surface area (Å²) in [5.74, 6) is 0. The number of hydrogen-bond acceptors (Lipinski definition) is 2. The van der Waals surface area contributed by atoms with Crippen molar-refractivity contribution in [1.29, 1.82) is 0 Å². The van der Waals surface area contributed by atoms with Crippen molar-refractivity contribution >= 4 is 10.9 Å². The molecule has 1 aliphatic heterocycles. The molecule has 1 aromatic heterocycles. The minimum absolute atomic E-state index is 0.496. The average Bonchev–Trinajstić information content (AvgIpc) is 2.87. The SMILES string of the molecule is C=CCC[C@H](c1cn(C)c2ccccc12)N1CCNCC1. The summed E-state index contributed by atoms with van der Waals surface area (Å²) in [4.78, 5) is 2.63. The zero-order valence-corrected chi connectivity index (χ0v) is 12.9. The van der Waals surface area contributed by atoms with Crippen molar-refractivity contribution in [2.75, 3.05) is 26.2 Å². The van der Waals surface area contributed by atoms with Crippen LogP contribution in [0.2, 0.25) is 0 Å². The van der Waals surface area contributed by atoms with Crippen molar-refractivity contribution in [3.8, 4) is 0 Å². The Kier molecular flexibility index (Phi) is 4.42. The molecule has 1 saturated heterocycles. The molecule has 0 aliphatic carbocycles. The van der Waals surface area contributed by atoms with Gasteiger partial charge in [0.1, 0.15) is 0 Å². The fourth-order valence-corrected chi connectivity index (χ4v) is 3.44. The van der Waals surface area contributed by atoms with E-state index in [1.54, 1.807) is 0 Å². The molecule has 1 aromatic carbocycles. The molecular formula is C18H25N3. The first-order chi connectivity index (χ1) is 10.3. The van der Waals surface area contributed by atoms with Gasteiger partial charge in [0.05, 0.1) is 0 Å². The van der Waals surface area contributed by atoms with E-state index in [2.05, 4.69) is 58.9 Å². The van der Waals surface area contributed by atoms with E-state index in [9.17, 15) is 0 Å². The standard InChI is InChI=1S/C18H25N3/c1-3-4-8-18(21-12-10-19-11-13-21)16-14-20(2)17-9-6-5-7-15(16)17/h3,5-7,9,14,18-19H,1,4,8,10-13H2,2H3/t18-/m1/s1. The third kappa shape index (κ3) is 2.89. The van der Waals surface area contributed by atoms with Gasteiger partial charge < -0.3 is 9.88 Å². The summed E-state index contributed by atoms with van der Waals surface area (Å²) in [6.07, 6.45) is 6.58. The van der Waals surface area contributed by atoms with Crippen molar-refractivity contribution in [3.63, 3.8) is 0 Å². The molecule has 0 spiro atoms. The summed E-state index contributed by atoms with van der Waals surface area (Å²) in [6, 6.07) is 9.23. The topological polar surface area (TPSA) is 20.2 Å². The summed E-state index contributed by atoms with van der Waals surface area (Å²) in [5, 5.41) is 4.85. The van der Waals surface area contributed by atoms with Gasteiger partial charge in [0, 0.05) is 56.4 Å². The van der Waals surface area contributed by atoms with Crippen molar-refractivity contribution in [3.05, 3.63) is 48.7 Å². The number of rotatable bonds is 5. The monoisotopic (exact) mass is 283 g/mol. The first-order valence-electron chi connectivity index (χ1n) is 7.91. The summed E-state index contributed by atoms with van der Waals surface area (Å²) >= 11 is 0. The molecule has 2 aromatic rings. The Morgan fingerprint density at radius 1 is 1.29 bits per heavy atom. The van der Waals surface area contributed by atoms with E-state index in [1.807, 2.05) is 6.08 Å². The highest BCUT2D eigenvalue weighted by molar-refractivity contribution is 5.84. The van der Waals surface area contributed by atoms with Crippen LogP contribution in [0.15, 0.2) is 43.1 Å². The summed E-state index contributed by atoms with van der Waals surface area (Å²) in [7, 11) is 2.15. The van der Waals surface area contributed by atoms with E-state index >= 15 is 0 Å². The molecule has 1 fully saturated rings. The molecular weight excluding hydrogens is 258 g/mol. The zero-order valence-electron chi connectivity index (χ0n) is 12.9. The van der Waals surface area contributed by atoms with Crippen LogP contribution in [0.5, 0.6) is 0 Å². The van der Waals surface area contributed by atoms with E-state index in [0.29, 0.717) is 6.04 Å². The van der Waals surface area contributed by atoms with Crippen molar-refractivity contribution in [1.82, 2.24) is 14.8 Å². The first-order valence-corrected chi connectivity index (χ1v) is 7.91. The first kappa shape index (κ1) is 14.4. The number of para-hydroxylation sites is 1. The van der Waals surface area contributed by atoms with Gasteiger partial charge in [0.2, 0.25) is 0 Å². The van der Waals surface area contributed by atoms with Crippen molar-refractivity contribution in [2.45, 2.75) is 18.9 Å². The number of nitrogens with zero attached hydrogens (tertiary/aromatic N) is 2. The predicted molar refractivity (Wildman–Crippen MR) is 89.5 cm³/mol. The van der Waals surface area contributed by atoms with Crippen LogP contribution in [0, 0.1) is 0 Å². The van der Waals surface area contributed by atoms with Crippen LogP contribution in [-0.4, -0.2) is 35.6 Å². The van der Waals surface area contributed by atoms with Gasteiger partial charge in [0.25, 0.3) is 0 Å². The smallest absolute Gasteiger partial charge is 0.0481 e. The zero-order chi connectivity index (χ0) is 14.7. The predicted octanol–water partition coefficient (Wildman–Crippen LogP) is 3.09. The lowest BCUT2D eigenvalue weighted by Gasteiger charge is -2.35. The molecule has 0 amide bonds. The van der Waals surface area contributed by atoms with Crippen LogP contribution >= 0.6 is 0 Å². The number of aryl methyl sites for hydroxylation is 1. The van der Waals surface area contributed by atoms with Crippen LogP contribution in [-0.2, 0) is 7.05 Å². The highest BCUT2D eigenvalue weighted by Crippen LogP contribution is 2.33. The van der Waals surface area contributed by atoms with Gasteiger partial charge in [0.15, 0.2) is 0 Å². The van der Waals surface area contributed by atoms with E-state index in [1.165, 1.54) is 16.5 Å². The molecule has 2 heterocycles. The molecule has 1 N–H and O–H groups in total. The quantitative estimate of drug-likeness (QED) is 0.851. The van der Waals surface area contributed by atoms with Crippen molar-refractivity contribution < 1.29 is 0 Å². The number of allylic oxidation sites excluding steroid dienone is 1. The second-order valence-electron chi connectivity index (χ2n) is 5.88. The Morgan fingerprint density at radius 2 is 2.05 bits per heavy atom. The van der Waals surface area contributed by atoms with Crippen LogP contribution in [0.4, 0.5) is 0 Å². The van der Waals surface area contributed by atoms with Crippen molar-refractivity contribution in [2.24, 2.45) is 7.05 Å². The normalized spacial score (nSPS) is 18.0. The maximum Gasteiger partial charge on any atom is 0.0481 e. The summed E-state index contributed by atoms with van der Waals surface area (Å²) in [6.45, 7) is 8.35. The van der Waals surface area contributed by atoms with Crippen LogP contribution in [0.25, 0.3) is 10.9 Å². The van der Waals surface area contributed by atoms with Gasteiger partial charge in [-0.1, -0.05) is 24.3 Å². The second-order valence-corrected chi connectivity index (χ2v) is 5.88. The van der Waals surface area contributed by atoms with E-state index < -0.39 is 0 Å². The van der Waals surface area contributed by atoms with Gasteiger partial charge in [-0.25, -0.2) is 0 Å². The molecule has 3 nitrogen and oxygen atoms in total. The van der Waals surface area contributed by atoms with Gasteiger partial charge in [-0.05, 0) is 24.5 Å². The average molecular weight is 283 g/mol. The number of aromatic nitrogens is 1. The Morgan fingerprint density at radius 3 is 2.81 bits per heavy atom. The van der Waals surface area contributed by atoms with E-state index in [0.717, 1.165) is 39.0 Å². The second kappa shape index (κ2) is 6.46. The van der Waals surface area contributed by atoms with Gasteiger partial charge >= 0.3 is 0 Å². The van der Waals surface area contributed by atoms with Crippen LogP contribution < -0.4 is 5.32 Å². The number of fused-ring (bicyclic) bond motifs is 1. The maximum absolute atomic E-state index is 3.90. The summed E-state index contributed by atoms with van der Waals surface area (Å²) in [5.41, 5.74) is 2.79. The molecule has 1 atom stereocenters. The fraction of sp³-hybridized carbons (Fsp3) is 0.444. The van der Waals surface area contributed by atoms with Gasteiger partial charge in [-0.2, -0.15) is 0 Å². The molecule has 3 heteroatoms. The van der Waals surface area contributed by atoms with Crippen LogP contribution in [0.3, 0.4) is 0 Å². The summed E-state index contributed by atoms with van der Waals surface area (Å²) < 4.78 is 2.26. The highest BCUT2D eigenvalue weighted by Gasteiger charge is 2.24. The molecule has 112 valence electrons. The Bertz CT molecular complexity index is 608. The molecule has 3 rings (SSSR count). The molecule has 0 saturated carbocycles. The van der Waals surface area contributed by atoms with E-state index in [4.69, 9.17) is 0 Å². The Hall–Kier alpha value is -1.58. The van der Waals surface area contributed by atoms with Gasteiger partial charge in [-0.3, -0.25) is 4.90 Å². The molecule has 1 aliphatic rings. The maximum atomic E-state index is 3.90. The lowest BCUT2D eigenvalue weighted by Crippen LogP contribution is -2.45. The lowest BCUT2D eigenvalue weighted by atomic mass is 9.99.